The first kappa shape index (κ1) is 10.2. The van der Waals surface area contributed by atoms with Crippen LogP contribution in [0.4, 0.5) is 0 Å². The Bertz CT molecular complexity index is 64.0. The predicted molar refractivity (Wildman–Crippen MR) is 37.6 cm³/mol. The van der Waals surface area contributed by atoms with E-state index in [1.165, 1.54) is 0 Å². The van der Waals surface area contributed by atoms with E-state index in [1.54, 1.807) is 6.92 Å². The second-order valence-corrected chi connectivity index (χ2v) is 1.91. The molecule has 3 N–H and O–H groups in total. The summed E-state index contributed by atoms with van der Waals surface area (Å²) in [5, 5.41) is 6.56. The minimum Gasteiger partial charge on any atom is -0.387 e. The lowest BCUT2D eigenvalue weighted by molar-refractivity contribution is 1.24. The van der Waals surface area contributed by atoms with E-state index in [4.69, 9.17) is 11.1 Å². The SMILES string of the molecule is C[C@@H](S)C(=N)N.Cl. The van der Waals surface area contributed by atoms with Gasteiger partial charge in [-0.3, -0.25) is 5.41 Å². The highest BCUT2D eigenvalue weighted by atomic mass is 35.5. The molecular formula is C3H9ClN2S. The summed E-state index contributed by atoms with van der Waals surface area (Å²) in [5.41, 5.74) is 4.94. The highest BCUT2D eigenvalue weighted by molar-refractivity contribution is 7.81. The lowest BCUT2D eigenvalue weighted by atomic mass is 10.4. The molecule has 0 aromatic carbocycles. The Hall–Kier alpha value is 0.110. The third-order valence-corrected chi connectivity index (χ3v) is 0.728. The van der Waals surface area contributed by atoms with Gasteiger partial charge in [0.1, 0.15) is 5.84 Å². The van der Waals surface area contributed by atoms with Crippen molar-refractivity contribution in [2.45, 2.75) is 12.2 Å². The standard InChI is InChI=1S/C3H8N2S.ClH/c1-2(6)3(4)5;/h2,6H,1H3,(H3,4,5);1H/t2-;/m1./s1. The maximum Gasteiger partial charge on any atom is 0.103 e. The molecule has 0 bridgehead atoms. The van der Waals surface area contributed by atoms with Gasteiger partial charge in [0.15, 0.2) is 0 Å². The maximum absolute atomic E-state index is 6.65. The molecule has 0 aromatic heterocycles. The molecule has 0 spiro atoms. The zero-order chi connectivity index (χ0) is 5.15. The zero-order valence-corrected chi connectivity index (χ0v) is 5.72. The van der Waals surface area contributed by atoms with Crippen LogP contribution < -0.4 is 5.73 Å². The molecular weight excluding hydrogens is 132 g/mol. The van der Waals surface area contributed by atoms with Crippen LogP contribution in [-0.4, -0.2) is 11.1 Å². The van der Waals surface area contributed by atoms with Crippen LogP contribution in [0.3, 0.4) is 0 Å². The molecule has 0 aliphatic carbocycles. The minimum atomic E-state index is -0.0926. The molecule has 4 heteroatoms. The van der Waals surface area contributed by atoms with Crippen LogP contribution in [0.1, 0.15) is 6.92 Å². The normalized spacial score (nSPS) is 11.7. The summed E-state index contributed by atoms with van der Waals surface area (Å²) >= 11 is 3.84. The molecule has 0 aliphatic heterocycles. The van der Waals surface area contributed by atoms with Gasteiger partial charge in [-0.1, -0.05) is 0 Å². The summed E-state index contributed by atoms with van der Waals surface area (Å²) in [4.78, 5) is 0. The lowest BCUT2D eigenvalue weighted by Gasteiger charge is -1.94. The summed E-state index contributed by atoms with van der Waals surface area (Å²) in [6.45, 7) is 1.76. The molecule has 7 heavy (non-hydrogen) atoms. The molecule has 2 nitrogen and oxygen atoms in total. The zero-order valence-electron chi connectivity index (χ0n) is 4.01. The van der Waals surface area contributed by atoms with E-state index in [-0.39, 0.29) is 23.5 Å². The van der Waals surface area contributed by atoms with Gasteiger partial charge < -0.3 is 5.73 Å². The summed E-state index contributed by atoms with van der Waals surface area (Å²) < 4.78 is 0. The highest BCUT2D eigenvalue weighted by Crippen LogP contribution is 1.86. The van der Waals surface area contributed by atoms with E-state index >= 15 is 0 Å². The van der Waals surface area contributed by atoms with Gasteiger partial charge in [-0.2, -0.15) is 12.6 Å². The summed E-state index contributed by atoms with van der Waals surface area (Å²) in [6.07, 6.45) is 0. The van der Waals surface area contributed by atoms with E-state index in [0.717, 1.165) is 0 Å². The Morgan fingerprint density at radius 3 is 2.00 bits per heavy atom. The third kappa shape index (κ3) is 6.11. The van der Waals surface area contributed by atoms with Crippen molar-refractivity contribution in [2.24, 2.45) is 5.73 Å². The van der Waals surface area contributed by atoms with Crippen molar-refractivity contribution in [1.82, 2.24) is 0 Å². The van der Waals surface area contributed by atoms with Crippen LogP contribution in [0.15, 0.2) is 0 Å². The van der Waals surface area contributed by atoms with Gasteiger partial charge in [0.2, 0.25) is 0 Å². The highest BCUT2D eigenvalue weighted by Gasteiger charge is 1.92. The number of hydrogen-bond donors (Lipinski definition) is 3. The van der Waals surface area contributed by atoms with E-state index in [0.29, 0.717) is 0 Å². The Morgan fingerprint density at radius 1 is 1.86 bits per heavy atom. The molecule has 0 unspecified atom stereocenters. The molecule has 0 amide bonds. The van der Waals surface area contributed by atoms with Gasteiger partial charge >= 0.3 is 0 Å². The molecule has 0 rings (SSSR count). The number of thiol groups is 1. The minimum absolute atomic E-state index is 0. The first-order valence-corrected chi connectivity index (χ1v) is 2.18. The van der Waals surface area contributed by atoms with Gasteiger partial charge in [-0.05, 0) is 6.92 Å². The fourth-order valence-corrected chi connectivity index (χ4v) is 0. The topological polar surface area (TPSA) is 49.9 Å². The van der Waals surface area contributed by atoms with Crippen molar-refractivity contribution in [1.29, 1.82) is 5.41 Å². The first-order chi connectivity index (χ1) is 2.64. The van der Waals surface area contributed by atoms with E-state index in [9.17, 15) is 0 Å². The molecule has 0 saturated heterocycles. The maximum atomic E-state index is 6.65. The second-order valence-electron chi connectivity index (χ2n) is 1.13. The summed E-state index contributed by atoms with van der Waals surface area (Å²) in [5.74, 6) is 0.123. The van der Waals surface area contributed by atoms with Crippen LogP contribution in [0, 0.1) is 5.41 Å². The molecule has 0 aromatic rings. The average Bonchev–Trinajstić information content (AvgIpc) is 1.36. The van der Waals surface area contributed by atoms with E-state index in [2.05, 4.69) is 12.6 Å². The summed E-state index contributed by atoms with van der Waals surface area (Å²) in [6, 6.07) is 0. The number of hydrogen-bond acceptors (Lipinski definition) is 2. The van der Waals surface area contributed by atoms with Crippen LogP contribution in [0.5, 0.6) is 0 Å². The largest absolute Gasteiger partial charge is 0.387 e. The molecule has 0 aliphatic rings. The molecule has 44 valence electrons. The molecule has 0 heterocycles. The van der Waals surface area contributed by atoms with Crippen LogP contribution in [0.2, 0.25) is 0 Å². The predicted octanol–water partition coefficient (Wildman–Crippen LogP) is 0.662. The Balaban J connectivity index is 0. The van der Waals surface area contributed by atoms with Gasteiger partial charge in [0, 0.05) is 0 Å². The van der Waals surface area contributed by atoms with Crippen LogP contribution >= 0.6 is 25.0 Å². The number of nitrogens with one attached hydrogen (secondary N) is 1. The summed E-state index contributed by atoms with van der Waals surface area (Å²) in [7, 11) is 0. The van der Waals surface area contributed by atoms with Gasteiger partial charge in [-0.15, -0.1) is 12.4 Å². The fraction of sp³-hybridized carbons (Fsp3) is 0.667. The third-order valence-electron chi connectivity index (χ3n) is 0.450. The number of halogens is 1. The van der Waals surface area contributed by atoms with Crippen molar-refractivity contribution < 1.29 is 0 Å². The van der Waals surface area contributed by atoms with Crippen LogP contribution in [0.25, 0.3) is 0 Å². The molecule has 0 radical (unpaired) electrons. The Labute approximate surface area is 54.8 Å². The fourth-order valence-electron chi connectivity index (χ4n) is 0. The molecule has 1 atom stereocenters. The van der Waals surface area contributed by atoms with Crippen molar-refractivity contribution in [3.05, 3.63) is 0 Å². The monoisotopic (exact) mass is 140 g/mol. The second kappa shape index (κ2) is 4.27. The van der Waals surface area contributed by atoms with Gasteiger partial charge in [0.25, 0.3) is 0 Å². The van der Waals surface area contributed by atoms with Crippen molar-refractivity contribution in [3.8, 4) is 0 Å². The number of rotatable bonds is 1. The average molecular weight is 141 g/mol. The van der Waals surface area contributed by atoms with Crippen molar-refractivity contribution in [2.75, 3.05) is 0 Å². The Morgan fingerprint density at radius 2 is 2.00 bits per heavy atom. The van der Waals surface area contributed by atoms with E-state index in [1.807, 2.05) is 0 Å². The lowest BCUT2D eigenvalue weighted by Crippen LogP contribution is -2.19. The number of amidine groups is 1. The quantitative estimate of drug-likeness (QED) is 0.280. The number of nitrogens with two attached hydrogens (primary N) is 1. The molecule has 0 fully saturated rings. The van der Waals surface area contributed by atoms with Crippen molar-refractivity contribution in [3.63, 3.8) is 0 Å². The van der Waals surface area contributed by atoms with Crippen molar-refractivity contribution >= 4 is 30.9 Å². The van der Waals surface area contributed by atoms with Gasteiger partial charge in [-0.25, -0.2) is 0 Å². The van der Waals surface area contributed by atoms with Crippen LogP contribution in [-0.2, 0) is 0 Å². The first-order valence-electron chi connectivity index (χ1n) is 1.66. The Kier molecular flexibility index (Phi) is 6.21. The van der Waals surface area contributed by atoms with Gasteiger partial charge in [0.05, 0.1) is 5.25 Å². The molecule has 0 saturated carbocycles. The smallest absolute Gasteiger partial charge is 0.103 e. The van der Waals surface area contributed by atoms with E-state index < -0.39 is 0 Å².